The van der Waals surface area contributed by atoms with E-state index in [9.17, 15) is 0 Å². The van der Waals surface area contributed by atoms with Crippen LogP contribution in [0.15, 0.2) is 0 Å². The van der Waals surface area contributed by atoms with Crippen molar-refractivity contribution in [3.63, 3.8) is 0 Å². The Morgan fingerprint density at radius 1 is 1.42 bits per heavy atom. The molecule has 0 aliphatic heterocycles. The first-order valence-corrected chi connectivity index (χ1v) is 6.21. The molecule has 1 aliphatic carbocycles. The van der Waals surface area contributed by atoms with Gasteiger partial charge in [0.1, 0.15) is 0 Å². The van der Waals surface area contributed by atoms with Crippen molar-refractivity contribution in [3.8, 4) is 0 Å². The number of alkyl halides is 1. The van der Waals surface area contributed by atoms with E-state index in [4.69, 9.17) is 0 Å². The van der Waals surface area contributed by atoms with Crippen LogP contribution in [0.5, 0.6) is 0 Å². The Morgan fingerprint density at radius 2 is 1.92 bits per heavy atom. The van der Waals surface area contributed by atoms with Gasteiger partial charge in [-0.05, 0) is 36.0 Å². The molecule has 0 spiro atoms. The van der Waals surface area contributed by atoms with E-state index >= 15 is 0 Å². The number of rotatable bonds is 4. The Morgan fingerprint density at radius 3 is 2.17 bits per heavy atom. The highest BCUT2D eigenvalue weighted by Crippen LogP contribution is 2.59. The third-order valence-corrected chi connectivity index (χ3v) is 4.61. The Hall–Kier alpha value is 0.480. The van der Waals surface area contributed by atoms with Gasteiger partial charge in [0.25, 0.3) is 0 Å². The van der Waals surface area contributed by atoms with Crippen molar-refractivity contribution in [2.24, 2.45) is 23.2 Å². The lowest BCUT2D eigenvalue weighted by molar-refractivity contribution is 0.292. The first kappa shape index (κ1) is 10.6. The van der Waals surface area contributed by atoms with Crippen molar-refractivity contribution in [3.05, 3.63) is 0 Å². The van der Waals surface area contributed by atoms with Gasteiger partial charge >= 0.3 is 0 Å². The van der Waals surface area contributed by atoms with Crippen LogP contribution in [0.3, 0.4) is 0 Å². The molecule has 12 heavy (non-hydrogen) atoms. The molecule has 1 rings (SSSR count). The maximum atomic E-state index is 3.66. The van der Waals surface area contributed by atoms with Crippen LogP contribution in [0.4, 0.5) is 0 Å². The minimum atomic E-state index is 0.657. The molecule has 1 saturated carbocycles. The molecular weight excluding hydrogens is 212 g/mol. The molecule has 3 atom stereocenters. The van der Waals surface area contributed by atoms with Crippen molar-refractivity contribution in [2.45, 2.75) is 40.5 Å². The van der Waals surface area contributed by atoms with E-state index in [1.807, 2.05) is 0 Å². The SMILES string of the molecule is CC(C)CC(C)C1(CBr)CC1C. The fourth-order valence-corrected chi connectivity index (χ4v) is 3.79. The smallest absolute Gasteiger partial charge is 0.00931 e. The Kier molecular flexibility index (Phi) is 3.25. The Labute approximate surface area is 85.3 Å². The van der Waals surface area contributed by atoms with E-state index in [1.54, 1.807) is 0 Å². The molecule has 0 N–H and O–H groups in total. The molecule has 72 valence electrons. The quantitative estimate of drug-likeness (QED) is 0.641. The van der Waals surface area contributed by atoms with Gasteiger partial charge in [-0.2, -0.15) is 0 Å². The summed E-state index contributed by atoms with van der Waals surface area (Å²) >= 11 is 3.66. The zero-order valence-electron chi connectivity index (χ0n) is 8.73. The molecule has 0 saturated heterocycles. The van der Waals surface area contributed by atoms with Crippen LogP contribution in [0.2, 0.25) is 0 Å². The fourth-order valence-electron chi connectivity index (χ4n) is 2.46. The van der Waals surface area contributed by atoms with Crippen LogP contribution < -0.4 is 0 Å². The van der Waals surface area contributed by atoms with Crippen LogP contribution in [0.1, 0.15) is 40.5 Å². The highest BCUT2D eigenvalue weighted by Gasteiger charge is 2.53. The summed E-state index contributed by atoms with van der Waals surface area (Å²) < 4.78 is 0. The van der Waals surface area contributed by atoms with Crippen LogP contribution in [0.25, 0.3) is 0 Å². The van der Waals surface area contributed by atoms with Crippen LogP contribution >= 0.6 is 15.9 Å². The minimum absolute atomic E-state index is 0.657. The molecule has 3 unspecified atom stereocenters. The summed E-state index contributed by atoms with van der Waals surface area (Å²) in [5, 5.41) is 1.20. The number of halogens is 1. The number of hydrogen-bond donors (Lipinski definition) is 0. The second-order valence-electron chi connectivity index (χ2n) is 5.00. The van der Waals surface area contributed by atoms with Crippen molar-refractivity contribution in [1.29, 1.82) is 0 Å². The van der Waals surface area contributed by atoms with Gasteiger partial charge in [-0.25, -0.2) is 0 Å². The van der Waals surface area contributed by atoms with Gasteiger partial charge in [0.05, 0.1) is 0 Å². The van der Waals surface area contributed by atoms with Crippen LogP contribution in [-0.2, 0) is 0 Å². The van der Waals surface area contributed by atoms with E-state index in [2.05, 4.69) is 43.6 Å². The van der Waals surface area contributed by atoms with Gasteiger partial charge < -0.3 is 0 Å². The minimum Gasteiger partial charge on any atom is -0.0922 e. The maximum Gasteiger partial charge on any atom is 0.00931 e. The molecule has 0 nitrogen and oxygen atoms in total. The normalized spacial score (nSPS) is 37.0. The summed E-state index contributed by atoms with van der Waals surface area (Å²) in [6, 6.07) is 0. The fraction of sp³-hybridized carbons (Fsp3) is 1.00. The first-order chi connectivity index (χ1) is 5.53. The predicted molar refractivity (Wildman–Crippen MR) is 58.6 cm³/mol. The molecule has 0 aromatic heterocycles. The average Bonchev–Trinajstić information content (AvgIpc) is 2.61. The van der Waals surface area contributed by atoms with Gasteiger partial charge in [-0.3, -0.25) is 0 Å². The average molecular weight is 233 g/mol. The van der Waals surface area contributed by atoms with E-state index < -0.39 is 0 Å². The molecule has 0 heterocycles. The monoisotopic (exact) mass is 232 g/mol. The maximum absolute atomic E-state index is 3.66. The summed E-state index contributed by atoms with van der Waals surface area (Å²) in [5.41, 5.74) is 0.657. The summed E-state index contributed by atoms with van der Waals surface area (Å²) in [7, 11) is 0. The summed E-state index contributed by atoms with van der Waals surface area (Å²) in [6.45, 7) is 9.46. The van der Waals surface area contributed by atoms with E-state index in [0.717, 1.165) is 17.8 Å². The third-order valence-electron chi connectivity index (χ3n) is 3.56. The lowest BCUT2D eigenvalue weighted by Crippen LogP contribution is -2.18. The van der Waals surface area contributed by atoms with Gasteiger partial charge in [-0.15, -0.1) is 0 Å². The summed E-state index contributed by atoms with van der Waals surface area (Å²) in [4.78, 5) is 0. The largest absolute Gasteiger partial charge is 0.0922 e. The van der Waals surface area contributed by atoms with Crippen LogP contribution in [0, 0.1) is 23.2 Å². The van der Waals surface area contributed by atoms with Gasteiger partial charge in [-0.1, -0.05) is 43.6 Å². The highest BCUT2D eigenvalue weighted by atomic mass is 79.9. The molecular formula is C11H21Br. The summed E-state index contributed by atoms with van der Waals surface area (Å²) in [6.07, 6.45) is 2.82. The molecule has 1 heteroatoms. The first-order valence-electron chi connectivity index (χ1n) is 5.09. The molecule has 0 bridgehead atoms. The van der Waals surface area contributed by atoms with Crippen molar-refractivity contribution < 1.29 is 0 Å². The Bertz CT molecular complexity index is 149. The van der Waals surface area contributed by atoms with Crippen molar-refractivity contribution in [1.82, 2.24) is 0 Å². The van der Waals surface area contributed by atoms with E-state index in [0.29, 0.717) is 5.41 Å². The summed E-state index contributed by atoms with van der Waals surface area (Å²) in [5.74, 6) is 2.70. The van der Waals surface area contributed by atoms with Crippen molar-refractivity contribution in [2.75, 3.05) is 5.33 Å². The lowest BCUT2D eigenvalue weighted by atomic mass is 9.84. The molecule has 1 aliphatic rings. The molecule has 0 aromatic carbocycles. The predicted octanol–water partition coefficient (Wildman–Crippen LogP) is 4.09. The second kappa shape index (κ2) is 3.69. The topological polar surface area (TPSA) is 0 Å². The van der Waals surface area contributed by atoms with E-state index in [-0.39, 0.29) is 0 Å². The third kappa shape index (κ3) is 1.86. The van der Waals surface area contributed by atoms with Gasteiger partial charge in [0, 0.05) is 5.33 Å². The molecule has 0 radical (unpaired) electrons. The molecule has 0 aromatic rings. The highest BCUT2D eigenvalue weighted by molar-refractivity contribution is 9.09. The lowest BCUT2D eigenvalue weighted by Gasteiger charge is -2.24. The number of hydrogen-bond acceptors (Lipinski definition) is 0. The standard InChI is InChI=1S/C11H21Br/c1-8(2)5-9(3)11(7-12)6-10(11)4/h8-10H,5-7H2,1-4H3. The van der Waals surface area contributed by atoms with Gasteiger partial charge in [0.15, 0.2) is 0 Å². The van der Waals surface area contributed by atoms with E-state index in [1.165, 1.54) is 18.2 Å². The van der Waals surface area contributed by atoms with Crippen molar-refractivity contribution >= 4 is 15.9 Å². The zero-order valence-corrected chi connectivity index (χ0v) is 10.3. The second-order valence-corrected chi connectivity index (χ2v) is 5.56. The Balaban J connectivity index is 2.46. The molecule has 0 amide bonds. The zero-order chi connectivity index (χ0) is 9.35. The van der Waals surface area contributed by atoms with Gasteiger partial charge in [0.2, 0.25) is 0 Å². The van der Waals surface area contributed by atoms with Crippen LogP contribution in [-0.4, -0.2) is 5.33 Å². The molecule has 1 fully saturated rings.